The molecule has 0 aromatic heterocycles. The van der Waals surface area contributed by atoms with Crippen molar-refractivity contribution in [2.45, 2.75) is 19.2 Å². The summed E-state index contributed by atoms with van der Waals surface area (Å²) in [4.78, 5) is 11.2. The van der Waals surface area contributed by atoms with Crippen LogP contribution in [-0.4, -0.2) is 19.5 Å². The molecule has 0 N–H and O–H groups in total. The molecule has 0 saturated carbocycles. The third-order valence-corrected chi connectivity index (χ3v) is 2.66. The van der Waals surface area contributed by atoms with Crippen LogP contribution in [0.4, 0.5) is 0 Å². The number of carbonyl (C=O) groups excluding carboxylic acids is 1. The van der Waals surface area contributed by atoms with E-state index in [4.69, 9.17) is 21.1 Å². The molecule has 4 heteroatoms. The maximum atomic E-state index is 11.2. The summed E-state index contributed by atoms with van der Waals surface area (Å²) in [6, 6.07) is 5.25. The van der Waals surface area contributed by atoms with E-state index in [9.17, 15) is 4.79 Å². The average molecular weight is 243 g/mol. The van der Waals surface area contributed by atoms with Crippen molar-refractivity contribution >= 4 is 17.4 Å². The van der Waals surface area contributed by atoms with Crippen molar-refractivity contribution in [3.63, 3.8) is 0 Å². The van der Waals surface area contributed by atoms with Gasteiger partial charge >= 0.3 is 0 Å². The first-order valence-corrected chi connectivity index (χ1v) is 5.48. The van der Waals surface area contributed by atoms with Gasteiger partial charge in [-0.2, -0.15) is 0 Å². The molecule has 1 aromatic carbocycles. The second-order valence-electron chi connectivity index (χ2n) is 3.35. The van der Waals surface area contributed by atoms with Crippen molar-refractivity contribution in [2.24, 2.45) is 0 Å². The van der Waals surface area contributed by atoms with E-state index in [-0.39, 0.29) is 5.78 Å². The van der Waals surface area contributed by atoms with Crippen LogP contribution in [0.2, 0.25) is 0 Å². The lowest BCUT2D eigenvalue weighted by atomic mass is 10.1. The number of hydrogen-bond donors (Lipinski definition) is 0. The summed E-state index contributed by atoms with van der Waals surface area (Å²) in [7, 11) is 1.56. The Hall–Kier alpha value is -1.22. The lowest BCUT2D eigenvalue weighted by Crippen LogP contribution is -2.03. The molecule has 0 aliphatic rings. The van der Waals surface area contributed by atoms with Crippen LogP contribution >= 0.6 is 11.6 Å². The SMILES string of the molecule is CCOc1cc(OC)cc(C(Cl)C(C)=O)c1. The zero-order valence-electron chi connectivity index (χ0n) is 9.62. The Kier molecular flexibility index (Phi) is 4.62. The quantitative estimate of drug-likeness (QED) is 0.745. The number of methoxy groups -OCH3 is 1. The van der Waals surface area contributed by atoms with Crippen LogP contribution in [0.3, 0.4) is 0 Å². The summed E-state index contributed by atoms with van der Waals surface area (Å²) in [5.41, 5.74) is 0.692. The Labute approximate surface area is 100 Å². The van der Waals surface area contributed by atoms with Crippen molar-refractivity contribution in [1.82, 2.24) is 0 Å². The van der Waals surface area contributed by atoms with Gasteiger partial charge in [0.15, 0.2) is 5.78 Å². The average Bonchev–Trinajstić information content (AvgIpc) is 2.27. The van der Waals surface area contributed by atoms with Crippen LogP contribution in [0, 0.1) is 0 Å². The number of rotatable bonds is 5. The van der Waals surface area contributed by atoms with Gasteiger partial charge in [-0.25, -0.2) is 0 Å². The van der Waals surface area contributed by atoms with Gasteiger partial charge in [0.25, 0.3) is 0 Å². The van der Waals surface area contributed by atoms with E-state index in [1.165, 1.54) is 6.92 Å². The van der Waals surface area contributed by atoms with Crippen molar-refractivity contribution < 1.29 is 14.3 Å². The molecule has 0 bridgehead atoms. The van der Waals surface area contributed by atoms with Crippen LogP contribution in [0.15, 0.2) is 18.2 Å². The molecule has 88 valence electrons. The van der Waals surface area contributed by atoms with Crippen molar-refractivity contribution in [2.75, 3.05) is 13.7 Å². The number of halogens is 1. The number of benzene rings is 1. The molecule has 0 aliphatic heterocycles. The monoisotopic (exact) mass is 242 g/mol. The number of hydrogen-bond acceptors (Lipinski definition) is 3. The third-order valence-electron chi connectivity index (χ3n) is 2.10. The molecular weight excluding hydrogens is 228 g/mol. The molecule has 0 fully saturated rings. The van der Waals surface area contributed by atoms with E-state index in [0.717, 1.165) is 0 Å². The summed E-state index contributed by atoms with van der Waals surface area (Å²) in [6.07, 6.45) is 0. The molecule has 3 nitrogen and oxygen atoms in total. The molecule has 1 unspecified atom stereocenters. The summed E-state index contributed by atoms with van der Waals surface area (Å²) in [5, 5.41) is -0.658. The summed E-state index contributed by atoms with van der Waals surface area (Å²) in [5.74, 6) is 1.19. The molecule has 0 heterocycles. The van der Waals surface area contributed by atoms with E-state index in [0.29, 0.717) is 23.7 Å². The van der Waals surface area contributed by atoms with Gasteiger partial charge in [0.1, 0.15) is 16.9 Å². The van der Waals surface area contributed by atoms with Gasteiger partial charge in [0.05, 0.1) is 13.7 Å². The lowest BCUT2D eigenvalue weighted by Gasteiger charge is -2.11. The van der Waals surface area contributed by atoms with Gasteiger partial charge in [0.2, 0.25) is 0 Å². The maximum absolute atomic E-state index is 11.2. The van der Waals surface area contributed by atoms with Crippen LogP contribution in [0.5, 0.6) is 11.5 Å². The number of ether oxygens (including phenoxy) is 2. The van der Waals surface area contributed by atoms with Gasteiger partial charge in [0, 0.05) is 6.07 Å². The van der Waals surface area contributed by atoms with Crippen LogP contribution in [0.25, 0.3) is 0 Å². The Balaban J connectivity index is 3.08. The molecule has 16 heavy (non-hydrogen) atoms. The van der Waals surface area contributed by atoms with Crippen LogP contribution < -0.4 is 9.47 Å². The largest absolute Gasteiger partial charge is 0.497 e. The minimum atomic E-state index is -0.658. The zero-order chi connectivity index (χ0) is 12.1. The van der Waals surface area contributed by atoms with E-state index >= 15 is 0 Å². The highest BCUT2D eigenvalue weighted by Crippen LogP contribution is 2.30. The number of Topliss-reactive ketones (excluding diaryl/α,β-unsaturated/α-hetero) is 1. The molecule has 0 aliphatic carbocycles. The van der Waals surface area contributed by atoms with Gasteiger partial charge in [-0.1, -0.05) is 0 Å². The van der Waals surface area contributed by atoms with Crippen molar-refractivity contribution in [3.8, 4) is 11.5 Å². The maximum Gasteiger partial charge on any atom is 0.152 e. The molecule has 0 spiro atoms. The lowest BCUT2D eigenvalue weighted by molar-refractivity contribution is -0.116. The van der Waals surface area contributed by atoms with E-state index in [1.54, 1.807) is 25.3 Å². The second-order valence-corrected chi connectivity index (χ2v) is 3.78. The minimum absolute atomic E-state index is 0.0997. The van der Waals surface area contributed by atoms with Crippen LogP contribution in [0.1, 0.15) is 24.8 Å². The molecular formula is C12H15ClO3. The minimum Gasteiger partial charge on any atom is -0.497 e. The number of alkyl halides is 1. The topological polar surface area (TPSA) is 35.5 Å². The third kappa shape index (κ3) is 3.14. The summed E-state index contributed by atoms with van der Waals surface area (Å²) < 4.78 is 10.5. The van der Waals surface area contributed by atoms with E-state index in [2.05, 4.69) is 0 Å². The predicted molar refractivity (Wildman–Crippen MR) is 63.4 cm³/mol. The normalized spacial score (nSPS) is 12.0. The van der Waals surface area contributed by atoms with Crippen molar-refractivity contribution in [3.05, 3.63) is 23.8 Å². The Morgan fingerprint density at radius 2 is 2.00 bits per heavy atom. The first-order valence-electron chi connectivity index (χ1n) is 5.04. The summed E-state index contributed by atoms with van der Waals surface area (Å²) >= 11 is 5.98. The first kappa shape index (κ1) is 12.8. The van der Waals surface area contributed by atoms with Crippen molar-refractivity contribution in [1.29, 1.82) is 0 Å². The number of carbonyl (C=O) groups is 1. The van der Waals surface area contributed by atoms with E-state index < -0.39 is 5.38 Å². The van der Waals surface area contributed by atoms with Crippen LogP contribution in [-0.2, 0) is 4.79 Å². The zero-order valence-corrected chi connectivity index (χ0v) is 10.4. The van der Waals surface area contributed by atoms with Gasteiger partial charge in [-0.3, -0.25) is 4.79 Å². The highest BCUT2D eigenvalue weighted by atomic mass is 35.5. The van der Waals surface area contributed by atoms with Gasteiger partial charge in [-0.15, -0.1) is 11.6 Å². The molecule has 1 rings (SSSR count). The molecule has 0 radical (unpaired) electrons. The first-order chi connectivity index (χ1) is 7.58. The van der Waals surface area contributed by atoms with Gasteiger partial charge < -0.3 is 9.47 Å². The molecule has 0 saturated heterocycles. The Bertz CT molecular complexity index is 377. The molecule has 0 amide bonds. The molecule has 1 atom stereocenters. The predicted octanol–water partition coefficient (Wildman–Crippen LogP) is 2.96. The molecule has 1 aromatic rings. The summed E-state index contributed by atoms with van der Waals surface area (Å²) in [6.45, 7) is 3.90. The van der Waals surface area contributed by atoms with Gasteiger partial charge in [-0.05, 0) is 31.5 Å². The fraction of sp³-hybridized carbons (Fsp3) is 0.417. The highest BCUT2D eigenvalue weighted by Gasteiger charge is 2.15. The highest BCUT2D eigenvalue weighted by molar-refractivity contribution is 6.30. The smallest absolute Gasteiger partial charge is 0.152 e. The Morgan fingerprint density at radius 1 is 1.38 bits per heavy atom. The van der Waals surface area contributed by atoms with E-state index in [1.807, 2.05) is 6.92 Å². The Morgan fingerprint density at radius 3 is 2.50 bits per heavy atom. The fourth-order valence-corrected chi connectivity index (χ4v) is 1.47. The fourth-order valence-electron chi connectivity index (χ4n) is 1.34. The number of ketones is 1. The standard InChI is InChI=1S/C12H15ClO3/c1-4-16-11-6-9(12(13)8(2)14)5-10(7-11)15-3/h5-7,12H,4H2,1-3H3. The second kappa shape index (κ2) is 5.75.